The summed E-state index contributed by atoms with van der Waals surface area (Å²) in [5.74, 6) is 0.924. The Balaban J connectivity index is 1.98. The van der Waals surface area contributed by atoms with Crippen LogP contribution in [0.4, 0.5) is 0 Å². The highest BCUT2D eigenvalue weighted by molar-refractivity contribution is 5.53. The molecule has 0 aliphatic carbocycles. The fourth-order valence-electron chi connectivity index (χ4n) is 2.33. The van der Waals surface area contributed by atoms with Gasteiger partial charge in [-0.2, -0.15) is 0 Å². The predicted molar refractivity (Wildman–Crippen MR) is 70.9 cm³/mol. The number of pyridine rings is 1. The lowest BCUT2D eigenvalue weighted by molar-refractivity contribution is 0.0845. The van der Waals surface area contributed by atoms with Gasteiger partial charge in [0.1, 0.15) is 5.82 Å². The van der Waals surface area contributed by atoms with E-state index in [2.05, 4.69) is 15.0 Å². The quantitative estimate of drug-likeness (QED) is 0.889. The molecule has 1 fully saturated rings. The highest BCUT2D eigenvalue weighted by atomic mass is 16.5. The van der Waals surface area contributed by atoms with E-state index in [4.69, 9.17) is 4.74 Å². The van der Waals surface area contributed by atoms with Crippen molar-refractivity contribution in [2.45, 2.75) is 18.8 Å². The molecule has 19 heavy (non-hydrogen) atoms. The highest BCUT2D eigenvalue weighted by Gasteiger charge is 2.18. The Labute approximate surface area is 110 Å². The molecule has 3 rings (SSSR count). The lowest BCUT2D eigenvalue weighted by Crippen LogP contribution is -2.18. The molecule has 0 saturated carbocycles. The van der Waals surface area contributed by atoms with E-state index in [0.717, 1.165) is 37.3 Å². The van der Waals surface area contributed by atoms with E-state index in [1.165, 1.54) is 0 Å². The second kappa shape index (κ2) is 5.32. The fraction of sp³-hybridized carbons (Fsp3) is 0.357. The van der Waals surface area contributed by atoms with Crippen molar-refractivity contribution in [2.75, 3.05) is 13.2 Å². The van der Waals surface area contributed by atoms with Gasteiger partial charge in [-0.25, -0.2) is 4.98 Å². The number of H-pyrrole nitrogens is 1. The molecule has 0 radical (unpaired) electrons. The average molecular weight is 257 g/mol. The summed E-state index contributed by atoms with van der Waals surface area (Å²) in [7, 11) is 0. The van der Waals surface area contributed by atoms with Gasteiger partial charge in [-0.1, -0.05) is 0 Å². The van der Waals surface area contributed by atoms with Crippen molar-refractivity contribution < 1.29 is 4.74 Å². The summed E-state index contributed by atoms with van der Waals surface area (Å²) in [4.78, 5) is 23.1. The van der Waals surface area contributed by atoms with Crippen molar-refractivity contribution in [1.82, 2.24) is 15.0 Å². The van der Waals surface area contributed by atoms with Crippen molar-refractivity contribution in [3.8, 4) is 11.4 Å². The minimum absolute atomic E-state index is 0.108. The van der Waals surface area contributed by atoms with E-state index in [-0.39, 0.29) is 5.56 Å². The molecule has 3 heterocycles. The highest BCUT2D eigenvalue weighted by Crippen LogP contribution is 2.25. The van der Waals surface area contributed by atoms with E-state index in [1.807, 2.05) is 12.1 Å². The van der Waals surface area contributed by atoms with Crippen LogP contribution < -0.4 is 5.56 Å². The maximum Gasteiger partial charge on any atom is 0.251 e. The average Bonchev–Trinajstić information content (AvgIpc) is 2.48. The van der Waals surface area contributed by atoms with Gasteiger partial charge in [0, 0.05) is 43.2 Å². The number of nitrogens with zero attached hydrogens (tertiary/aromatic N) is 2. The largest absolute Gasteiger partial charge is 0.381 e. The maximum atomic E-state index is 11.8. The molecule has 1 aliphatic heterocycles. The van der Waals surface area contributed by atoms with Crippen molar-refractivity contribution in [3.63, 3.8) is 0 Å². The third kappa shape index (κ3) is 2.71. The first-order valence-corrected chi connectivity index (χ1v) is 6.42. The number of ether oxygens (including phenoxy) is 1. The van der Waals surface area contributed by atoms with Gasteiger partial charge in [0.25, 0.3) is 5.56 Å². The van der Waals surface area contributed by atoms with Gasteiger partial charge in [-0.15, -0.1) is 0 Å². The van der Waals surface area contributed by atoms with Gasteiger partial charge in [0.15, 0.2) is 0 Å². The molecule has 1 N–H and O–H groups in total. The normalized spacial score (nSPS) is 16.4. The van der Waals surface area contributed by atoms with Gasteiger partial charge in [0.05, 0.1) is 5.69 Å². The molecule has 0 aromatic carbocycles. The first-order valence-electron chi connectivity index (χ1n) is 6.42. The Morgan fingerprint density at radius 3 is 2.68 bits per heavy atom. The Kier molecular flexibility index (Phi) is 3.37. The number of hydrogen-bond acceptors (Lipinski definition) is 4. The van der Waals surface area contributed by atoms with Crippen LogP contribution >= 0.6 is 0 Å². The zero-order chi connectivity index (χ0) is 13.1. The van der Waals surface area contributed by atoms with E-state index >= 15 is 0 Å². The van der Waals surface area contributed by atoms with Crippen LogP contribution in [-0.2, 0) is 4.74 Å². The lowest BCUT2D eigenvalue weighted by atomic mass is 9.96. The molecule has 0 spiro atoms. The Hall–Kier alpha value is -2.01. The van der Waals surface area contributed by atoms with E-state index in [1.54, 1.807) is 18.5 Å². The molecular weight excluding hydrogens is 242 g/mol. The molecule has 2 aromatic heterocycles. The monoisotopic (exact) mass is 257 g/mol. The minimum Gasteiger partial charge on any atom is -0.381 e. The third-order valence-corrected chi connectivity index (χ3v) is 3.35. The van der Waals surface area contributed by atoms with Crippen LogP contribution in [0.5, 0.6) is 0 Å². The van der Waals surface area contributed by atoms with Gasteiger partial charge < -0.3 is 9.72 Å². The molecule has 1 saturated heterocycles. The molecule has 98 valence electrons. The number of rotatable bonds is 2. The first-order chi connectivity index (χ1) is 9.33. The number of aromatic amines is 1. The summed E-state index contributed by atoms with van der Waals surface area (Å²) in [5.41, 5.74) is 1.63. The molecule has 5 heteroatoms. The smallest absolute Gasteiger partial charge is 0.251 e. The van der Waals surface area contributed by atoms with Crippen molar-refractivity contribution in [3.05, 3.63) is 46.6 Å². The lowest BCUT2D eigenvalue weighted by Gasteiger charge is -2.21. The van der Waals surface area contributed by atoms with Gasteiger partial charge in [-0.3, -0.25) is 9.78 Å². The first kappa shape index (κ1) is 12.0. The molecule has 0 bridgehead atoms. The number of hydrogen-bond donors (Lipinski definition) is 1. The van der Waals surface area contributed by atoms with Crippen LogP contribution in [0.25, 0.3) is 11.4 Å². The molecule has 0 unspecified atom stereocenters. The van der Waals surface area contributed by atoms with Crippen molar-refractivity contribution in [2.24, 2.45) is 0 Å². The van der Waals surface area contributed by atoms with Crippen LogP contribution in [0, 0.1) is 0 Å². The molecule has 2 aromatic rings. The summed E-state index contributed by atoms with van der Waals surface area (Å²) in [6, 6.07) is 5.28. The summed E-state index contributed by atoms with van der Waals surface area (Å²) in [6.45, 7) is 1.48. The summed E-state index contributed by atoms with van der Waals surface area (Å²) < 4.78 is 5.34. The maximum absolute atomic E-state index is 11.8. The predicted octanol–water partition coefficient (Wildman–Crippen LogP) is 1.73. The van der Waals surface area contributed by atoms with Crippen LogP contribution in [-0.4, -0.2) is 28.2 Å². The van der Waals surface area contributed by atoms with Crippen molar-refractivity contribution >= 4 is 0 Å². The van der Waals surface area contributed by atoms with Crippen LogP contribution in [0.1, 0.15) is 24.5 Å². The zero-order valence-corrected chi connectivity index (χ0v) is 10.5. The minimum atomic E-state index is -0.108. The SMILES string of the molecule is O=c1cc(C2CCOCC2)nc(-c2ccncc2)[nH]1. The molecule has 0 amide bonds. The molecule has 0 atom stereocenters. The zero-order valence-electron chi connectivity index (χ0n) is 10.5. The van der Waals surface area contributed by atoms with Crippen LogP contribution in [0.3, 0.4) is 0 Å². The fourth-order valence-corrected chi connectivity index (χ4v) is 2.33. The van der Waals surface area contributed by atoms with Crippen LogP contribution in [0.2, 0.25) is 0 Å². The Morgan fingerprint density at radius 2 is 1.95 bits per heavy atom. The molecule has 5 nitrogen and oxygen atoms in total. The molecule has 1 aliphatic rings. The Bertz CT molecular complexity index is 604. The van der Waals surface area contributed by atoms with Crippen molar-refractivity contribution in [1.29, 1.82) is 0 Å². The van der Waals surface area contributed by atoms with Gasteiger partial charge in [0.2, 0.25) is 0 Å². The summed E-state index contributed by atoms with van der Waals surface area (Å²) in [5, 5.41) is 0. The van der Waals surface area contributed by atoms with Gasteiger partial charge in [-0.05, 0) is 25.0 Å². The Morgan fingerprint density at radius 1 is 1.21 bits per heavy atom. The van der Waals surface area contributed by atoms with E-state index < -0.39 is 0 Å². The van der Waals surface area contributed by atoms with E-state index in [9.17, 15) is 4.79 Å². The van der Waals surface area contributed by atoms with Gasteiger partial charge >= 0.3 is 0 Å². The second-order valence-corrected chi connectivity index (χ2v) is 4.64. The summed E-state index contributed by atoms with van der Waals surface area (Å²) >= 11 is 0. The second-order valence-electron chi connectivity index (χ2n) is 4.64. The van der Waals surface area contributed by atoms with Crippen LogP contribution in [0.15, 0.2) is 35.4 Å². The number of nitrogens with one attached hydrogen (secondary N) is 1. The third-order valence-electron chi connectivity index (χ3n) is 3.35. The standard InChI is InChI=1S/C14H15N3O2/c18-13-9-12(10-3-7-19-8-4-10)16-14(17-13)11-1-5-15-6-2-11/h1-2,5-6,9-10H,3-4,7-8H2,(H,16,17,18). The van der Waals surface area contributed by atoms with E-state index in [0.29, 0.717) is 11.7 Å². The summed E-state index contributed by atoms with van der Waals surface area (Å²) in [6.07, 6.45) is 5.23. The number of aromatic nitrogens is 3. The molecular formula is C14H15N3O2. The topological polar surface area (TPSA) is 67.9 Å².